The average molecular weight is 392 g/mol. The lowest BCUT2D eigenvalue weighted by molar-refractivity contribution is 0.0606. The van der Waals surface area contributed by atoms with E-state index in [4.69, 9.17) is 4.74 Å². The van der Waals surface area contributed by atoms with Crippen molar-refractivity contribution in [2.24, 2.45) is 0 Å². The Morgan fingerprint density at radius 2 is 1.28 bits per heavy atom. The summed E-state index contributed by atoms with van der Waals surface area (Å²) in [6, 6.07) is 27.7. The van der Waals surface area contributed by atoms with Crippen molar-refractivity contribution in [1.29, 1.82) is 0 Å². The van der Waals surface area contributed by atoms with Gasteiger partial charge in [-0.1, -0.05) is 72.8 Å². The van der Waals surface area contributed by atoms with Crippen molar-refractivity contribution in [1.82, 2.24) is 0 Å². The van der Waals surface area contributed by atoms with Crippen LogP contribution in [0.3, 0.4) is 0 Å². The number of carbonyl (C=O) groups excluding carboxylic acids is 1. The van der Waals surface area contributed by atoms with E-state index in [1.807, 2.05) is 6.07 Å². The van der Waals surface area contributed by atoms with E-state index in [-0.39, 0.29) is 5.97 Å². The van der Waals surface area contributed by atoms with Crippen molar-refractivity contribution in [3.8, 4) is 0 Å². The number of hydrogen-bond donors (Lipinski definition) is 0. The normalized spacial score (nSPS) is 11.8. The Morgan fingerprint density at radius 1 is 0.690 bits per heavy atom. The van der Waals surface area contributed by atoms with Gasteiger partial charge in [0.2, 0.25) is 0 Å². The van der Waals surface area contributed by atoms with Gasteiger partial charge in [-0.3, -0.25) is 0 Å². The molecule has 1 aromatic heterocycles. The summed E-state index contributed by atoms with van der Waals surface area (Å²) >= 11 is 1.52. The van der Waals surface area contributed by atoms with Gasteiger partial charge in [0.1, 0.15) is 4.88 Å². The second-order valence-electron chi connectivity index (χ2n) is 7.26. The first-order valence-corrected chi connectivity index (χ1v) is 10.3. The molecule has 0 unspecified atom stereocenters. The number of rotatable bonds is 1. The summed E-state index contributed by atoms with van der Waals surface area (Å²) in [5.74, 6) is -0.284. The van der Waals surface area contributed by atoms with Crippen molar-refractivity contribution in [2.75, 3.05) is 7.11 Å². The molecule has 0 saturated heterocycles. The van der Waals surface area contributed by atoms with Crippen LogP contribution in [0.5, 0.6) is 0 Å². The molecule has 0 aliphatic rings. The smallest absolute Gasteiger partial charge is 0.348 e. The average Bonchev–Trinajstić information content (AvgIpc) is 3.23. The first kappa shape index (κ1) is 16.5. The van der Waals surface area contributed by atoms with E-state index in [1.165, 1.54) is 61.5 Å². The molecule has 0 aliphatic carbocycles. The van der Waals surface area contributed by atoms with E-state index in [2.05, 4.69) is 72.8 Å². The second-order valence-corrected chi connectivity index (χ2v) is 8.32. The number of carbonyl (C=O) groups is 1. The third kappa shape index (κ3) is 2.25. The standard InChI is InChI=1S/C26H16O2S/c1-28-26(27)22-14-21-23-17-8-4-2-6-15(17)10-12-19(23)20-13-11-16-7-3-5-9-18(16)24(20)25(21)29-22/h2-14H,1H3. The molecule has 0 fully saturated rings. The van der Waals surface area contributed by atoms with Crippen LogP contribution >= 0.6 is 11.3 Å². The van der Waals surface area contributed by atoms with Gasteiger partial charge >= 0.3 is 5.97 Å². The fourth-order valence-corrected chi connectivity index (χ4v) is 5.65. The third-order valence-electron chi connectivity index (χ3n) is 5.76. The van der Waals surface area contributed by atoms with E-state index in [0.717, 1.165) is 10.1 Å². The molecule has 6 aromatic rings. The van der Waals surface area contributed by atoms with Crippen LogP contribution in [0.15, 0.2) is 78.9 Å². The number of hydrogen-bond acceptors (Lipinski definition) is 3. The molecule has 1 heterocycles. The van der Waals surface area contributed by atoms with Gasteiger partial charge < -0.3 is 4.74 Å². The number of ether oxygens (including phenoxy) is 1. The minimum Gasteiger partial charge on any atom is -0.465 e. The quantitative estimate of drug-likeness (QED) is 0.217. The monoisotopic (exact) mass is 392 g/mol. The molecule has 138 valence electrons. The summed E-state index contributed by atoms with van der Waals surface area (Å²) in [6.07, 6.45) is 0. The first-order chi connectivity index (χ1) is 14.3. The molecule has 0 aliphatic heterocycles. The summed E-state index contributed by atoms with van der Waals surface area (Å²) in [4.78, 5) is 13.0. The summed E-state index contributed by atoms with van der Waals surface area (Å²) in [5, 5.41) is 10.8. The summed E-state index contributed by atoms with van der Waals surface area (Å²) in [5.41, 5.74) is 0. The third-order valence-corrected chi connectivity index (χ3v) is 6.90. The zero-order valence-electron chi connectivity index (χ0n) is 15.7. The fourth-order valence-electron chi connectivity index (χ4n) is 4.49. The van der Waals surface area contributed by atoms with Gasteiger partial charge in [0.05, 0.1) is 7.11 Å². The largest absolute Gasteiger partial charge is 0.465 e. The van der Waals surface area contributed by atoms with Gasteiger partial charge in [-0.2, -0.15) is 0 Å². The van der Waals surface area contributed by atoms with E-state index >= 15 is 0 Å². The minimum atomic E-state index is -0.284. The maximum atomic E-state index is 12.4. The Kier molecular flexibility index (Phi) is 3.44. The number of thiophene rings is 1. The van der Waals surface area contributed by atoms with E-state index in [0.29, 0.717) is 4.88 Å². The van der Waals surface area contributed by atoms with Crippen LogP contribution < -0.4 is 0 Å². The van der Waals surface area contributed by atoms with Crippen molar-refractivity contribution in [3.63, 3.8) is 0 Å². The highest BCUT2D eigenvalue weighted by Crippen LogP contribution is 2.44. The molecule has 5 aromatic carbocycles. The Morgan fingerprint density at radius 3 is 1.93 bits per heavy atom. The maximum absolute atomic E-state index is 12.4. The summed E-state index contributed by atoms with van der Waals surface area (Å²) < 4.78 is 6.18. The van der Waals surface area contributed by atoms with Crippen molar-refractivity contribution >= 4 is 70.5 Å². The van der Waals surface area contributed by atoms with Gasteiger partial charge in [0.15, 0.2) is 0 Å². The molecule has 0 bridgehead atoms. The lowest BCUT2D eigenvalue weighted by Crippen LogP contribution is -1.96. The Balaban J connectivity index is 1.97. The summed E-state index contributed by atoms with van der Waals surface area (Å²) in [7, 11) is 1.44. The van der Waals surface area contributed by atoms with Gasteiger partial charge in [0.25, 0.3) is 0 Å². The second kappa shape index (κ2) is 6.03. The van der Waals surface area contributed by atoms with Crippen molar-refractivity contribution in [3.05, 3.63) is 83.7 Å². The van der Waals surface area contributed by atoms with E-state index < -0.39 is 0 Å². The SMILES string of the molecule is COC(=O)c1cc2c(s1)c1c3ccccc3ccc1c1ccc3ccccc3c12. The van der Waals surface area contributed by atoms with E-state index in [1.54, 1.807) is 0 Å². The minimum absolute atomic E-state index is 0.284. The van der Waals surface area contributed by atoms with E-state index in [9.17, 15) is 4.79 Å². The lowest BCUT2D eigenvalue weighted by Gasteiger charge is -2.12. The zero-order chi connectivity index (χ0) is 19.5. The van der Waals surface area contributed by atoms with Crippen LogP contribution in [0.1, 0.15) is 9.67 Å². The van der Waals surface area contributed by atoms with Crippen LogP contribution in [0, 0.1) is 0 Å². The van der Waals surface area contributed by atoms with Crippen molar-refractivity contribution in [2.45, 2.75) is 0 Å². The van der Waals surface area contributed by atoms with Gasteiger partial charge in [0, 0.05) is 15.5 Å². The number of methoxy groups -OCH3 is 1. The summed E-state index contributed by atoms with van der Waals surface area (Å²) in [6.45, 7) is 0. The topological polar surface area (TPSA) is 26.3 Å². The molecule has 0 amide bonds. The highest BCUT2D eigenvalue weighted by Gasteiger charge is 2.18. The van der Waals surface area contributed by atoms with Gasteiger partial charge in [-0.05, 0) is 43.8 Å². The van der Waals surface area contributed by atoms with Crippen LogP contribution in [0.25, 0.3) is 53.2 Å². The predicted molar refractivity (Wildman–Crippen MR) is 123 cm³/mol. The Bertz CT molecular complexity index is 1500. The number of esters is 1. The maximum Gasteiger partial charge on any atom is 0.348 e. The molecule has 29 heavy (non-hydrogen) atoms. The highest BCUT2D eigenvalue weighted by atomic mass is 32.1. The molecule has 2 nitrogen and oxygen atoms in total. The lowest BCUT2D eigenvalue weighted by atomic mass is 9.92. The van der Waals surface area contributed by atoms with Crippen LogP contribution in [-0.4, -0.2) is 13.1 Å². The molecule has 0 atom stereocenters. The number of fused-ring (bicyclic) bond motifs is 10. The molecule has 6 rings (SSSR count). The van der Waals surface area contributed by atoms with Crippen LogP contribution in [-0.2, 0) is 4.74 Å². The molecule has 0 spiro atoms. The highest BCUT2D eigenvalue weighted by molar-refractivity contribution is 7.22. The molecule has 0 radical (unpaired) electrons. The predicted octanol–water partition coefficient (Wildman–Crippen LogP) is 7.30. The van der Waals surface area contributed by atoms with Gasteiger partial charge in [-0.25, -0.2) is 4.79 Å². The zero-order valence-corrected chi connectivity index (χ0v) is 16.5. The molecule has 0 N–H and O–H groups in total. The molecule has 3 heteroatoms. The molecular weight excluding hydrogens is 376 g/mol. The van der Waals surface area contributed by atoms with Crippen LogP contribution in [0.2, 0.25) is 0 Å². The van der Waals surface area contributed by atoms with Gasteiger partial charge in [-0.15, -0.1) is 11.3 Å². The fraction of sp³-hybridized carbons (Fsp3) is 0.0385. The Hall–Kier alpha value is -3.43. The van der Waals surface area contributed by atoms with Crippen LogP contribution in [0.4, 0.5) is 0 Å². The van der Waals surface area contributed by atoms with Crippen molar-refractivity contribution < 1.29 is 9.53 Å². The Labute approximate surface area is 170 Å². The number of benzene rings is 5. The molecule has 0 saturated carbocycles. The first-order valence-electron chi connectivity index (χ1n) is 9.53. The molecular formula is C26H16O2S.